The van der Waals surface area contributed by atoms with Crippen molar-refractivity contribution < 1.29 is 9.90 Å². The topological polar surface area (TPSA) is 37.3 Å². The lowest BCUT2D eigenvalue weighted by Crippen LogP contribution is -1.99. The molecule has 2 atom stereocenters. The Balaban J connectivity index is 0.000000579. The van der Waals surface area contributed by atoms with E-state index in [2.05, 4.69) is 39.8 Å². The van der Waals surface area contributed by atoms with Crippen molar-refractivity contribution in [2.75, 3.05) is 0 Å². The summed E-state index contributed by atoms with van der Waals surface area (Å²) < 4.78 is 0. The summed E-state index contributed by atoms with van der Waals surface area (Å²) in [6.07, 6.45) is 2.92. The van der Waals surface area contributed by atoms with Crippen molar-refractivity contribution in [3.8, 4) is 0 Å². The number of carboxylic acids is 1. The Morgan fingerprint density at radius 1 is 1.10 bits per heavy atom. The molecular formula is C19H32O2. The van der Waals surface area contributed by atoms with E-state index in [0.717, 1.165) is 0 Å². The molecule has 21 heavy (non-hydrogen) atoms. The van der Waals surface area contributed by atoms with Gasteiger partial charge in [-0.25, -0.2) is 0 Å². The summed E-state index contributed by atoms with van der Waals surface area (Å²) >= 11 is 0. The highest BCUT2D eigenvalue weighted by molar-refractivity contribution is 5.68. The van der Waals surface area contributed by atoms with E-state index in [1.54, 1.807) is 0 Å². The number of aliphatic carboxylic acids is 1. The first-order valence-corrected chi connectivity index (χ1v) is 8.21. The highest BCUT2D eigenvalue weighted by Gasteiger charge is 2.58. The summed E-state index contributed by atoms with van der Waals surface area (Å²) in [5, 5.41) is 8.82. The molecule has 2 rings (SSSR count). The summed E-state index contributed by atoms with van der Waals surface area (Å²) in [4.78, 5) is 10.7. The maximum atomic E-state index is 10.7. The molecule has 0 amide bonds. The molecular weight excluding hydrogens is 260 g/mol. The minimum atomic E-state index is -0.688. The molecule has 1 fully saturated rings. The lowest BCUT2D eigenvalue weighted by molar-refractivity contribution is -0.137. The van der Waals surface area contributed by atoms with Crippen LogP contribution in [0.3, 0.4) is 0 Å². The number of carbonyl (C=O) groups is 1. The number of hydrogen-bond acceptors (Lipinski definition) is 1. The highest BCUT2D eigenvalue weighted by atomic mass is 16.4. The average molecular weight is 292 g/mol. The molecule has 0 radical (unpaired) electrons. The molecule has 0 heterocycles. The molecule has 120 valence electrons. The lowest BCUT2D eigenvalue weighted by Gasteiger charge is -2.01. The second kappa shape index (κ2) is 9.59. The van der Waals surface area contributed by atoms with Gasteiger partial charge in [0.15, 0.2) is 0 Å². The third kappa shape index (κ3) is 5.91. The van der Waals surface area contributed by atoms with Crippen molar-refractivity contribution in [1.82, 2.24) is 0 Å². The molecule has 0 aromatic heterocycles. The third-order valence-electron chi connectivity index (χ3n) is 4.10. The molecule has 1 aliphatic rings. The van der Waals surface area contributed by atoms with Crippen molar-refractivity contribution in [3.63, 3.8) is 0 Å². The van der Waals surface area contributed by atoms with E-state index in [4.69, 9.17) is 5.11 Å². The lowest BCUT2D eigenvalue weighted by atomic mass is 10.0. The van der Waals surface area contributed by atoms with Gasteiger partial charge in [0.25, 0.3) is 0 Å². The smallest absolute Gasteiger partial charge is 0.303 e. The minimum Gasteiger partial charge on any atom is -0.481 e. The fraction of sp³-hybridized carbons (Fsp3) is 0.632. The van der Waals surface area contributed by atoms with Gasteiger partial charge in [-0.2, -0.15) is 0 Å². The van der Waals surface area contributed by atoms with Crippen LogP contribution in [0.2, 0.25) is 0 Å². The minimum absolute atomic E-state index is 0.139. The summed E-state index contributed by atoms with van der Waals surface area (Å²) in [7, 11) is 0. The summed E-state index contributed by atoms with van der Waals surface area (Å²) in [5.74, 6) is 0.0127. The molecule has 2 heteroatoms. The second-order valence-electron chi connectivity index (χ2n) is 5.91. The molecule has 2 nitrogen and oxygen atoms in total. The van der Waals surface area contributed by atoms with Crippen molar-refractivity contribution in [3.05, 3.63) is 35.9 Å². The van der Waals surface area contributed by atoms with E-state index < -0.39 is 5.97 Å². The fourth-order valence-corrected chi connectivity index (χ4v) is 2.64. The van der Waals surface area contributed by atoms with Crippen LogP contribution in [0.15, 0.2) is 30.3 Å². The maximum Gasteiger partial charge on any atom is 0.303 e. The Labute approximate surface area is 130 Å². The van der Waals surface area contributed by atoms with Gasteiger partial charge in [-0.3, -0.25) is 4.79 Å². The van der Waals surface area contributed by atoms with Crippen molar-refractivity contribution in [1.29, 1.82) is 0 Å². The zero-order valence-corrected chi connectivity index (χ0v) is 14.5. The molecule has 0 aliphatic heterocycles. The SMILES string of the molecule is CC.CC1(C)C(CC(=O)O)C1c1ccccc1.CCCC. The van der Waals surface area contributed by atoms with E-state index >= 15 is 0 Å². The predicted molar refractivity (Wildman–Crippen MR) is 90.6 cm³/mol. The van der Waals surface area contributed by atoms with Crippen molar-refractivity contribution in [2.24, 2.45) is 11.3 Å². The molecule has 1 N–H and O–H groups in total. The first-order chi connectivity index (χ1) is 9.95. The van der Waals surface area contributed by atoms with Crippen LogP contribution in [0.1, 0.15) is 72.3 Å². The average Bonchev–Trinajstić information content (AvgIpc) is 3.02. The van der Waals surface area contributed by atoms with Gasteiger partial charge in [-0.15, -0.1) is 0 Å². The van der Waals surface area contributed by atoms with Crippen LogP contribution in [-0.2, 0) is 4.79 Å². The number of benzene rings is 1. The van der Waals surface area contributed by atoms with Gasteiger partial charge in [0.2, 0.25) is 0 Å². The second-order valence-corrected chi connectivity index (χ2v) is 5.91. The van der Waals surface area contributed by atoms with Crippen molar-refractivity contribution >= 4 is 5.97 Å². The summed E-state index contributed by atoms with van der Waals surface area (Å²) in [6, 6.07) is 10.2. The number of carboxylic acid groups (broad SMARTS) is 1. The van der Waals surface area contributed by atoms with Crippen LogP contribution >= 0.6 is 0 Å². The van der Waals surface area contributed by atoms with Crippen LogP contribution in [0.4, 0.5) is 0 Å². The summed E-state index contributed by atoms with van der Waals surface area (Å²) in [6.45, 7) is 12.7. The van der Waals surface area contributed by atoms with Crippen LogP contribution < -0.4 is 0 Å². The highest BCUT2D eigenvalue weighted by Crippen LogP contribution is 2.65. The fourth-order valence-electron chi connectivity index (χ4n) is 2.64. The predicted octanol–water partition coefficient (Wildman–Crippen LogP) is 5.73. The zero-order valence-electron chi connectivity index (χ0n) is 14.5. The first-order valence-electron chi connectivity index (χ1n) is 8.21. The largest absolute Gasteiger partial charge is 0.481 e. The number of unbranched alkanes of at least 4 members (excludes halogenated alkanes) is 1. The van der Waals surface area contributed by atoms with E-state index in [-0.39, 0.29) is 17.8 Å². The Bertz CT molecular complexity index is 393. The summed E-state index contributed by atoms with van der Waals surface area (Å²) in [5.41, 5.74) is 1.41. The van der Waals surface area contributed by atoms with Gasteiger partial charge in [-0.05, 0) is 22.8 Å². The molecule has 1 saturated carbocycles. The monoisotopic (exact) mass is 292 g/mol. The molecule has 0 bridgehead atoms. The van der Waals surface area contributed by atoms with Gasteiger partial charge in [0.1, 0.15) is 0 Å². The van der Waals surface area contributed by atoms with Gasteiger partial charge in [-0.1, -0.05) is 84.7 Å². The Kier molecular flexibility index (Phi) is 9.00. The van der Waals surface area contributed by atoms with Gasteiger partial charge >= 0.3 is 5.97 Å². The standard InChI is InChI=1S/C13H16O2.C4H10.C2H6/c1-13(2)10(8-11(14)15)12(13)9-6-4-3-5-7-9;1-3-4-2;1-2/h3-7,10,12H,8H2,1-2H3,(H,14,15);3-4H2,1-2H3;1-2H3. The van der Waals surface area contributed by atoms with Crippen LogP contribution in [0, 0.1) is 11.3 Å². The number of rotatable bonds is 4. The molecule has 1 aromatic rings. The van der Waals surface area contributed by atoms with Crippen LogP contribution in [0.5, 0.6) is 0 Å². The molecule has 1 aromatic carbocycles. The van der Waals surface area contributed by atoms with Crippen molar-refractivity contribution in [2.45, 2.75) is 66.7 Å². The maximum absolute atomic E-state index is 10.7. The third-order valence-corrected chi connectivity index (χ3v) is 4.10. The van der Waals surface area contributed by atoms with Crippen LogP contribution in [-0.4, -0.2) is 11.1 Å². The molecule has 2 unspecified atom stereocenters. The molecule has 0 saturated heterocycles. The zero-order chi connectivity index (χ0) is 16.5. The molecule has 1 aliphatic carbocycles. The Morgan fingerprint density at radius 3 is 1.95 bits per heavy atom. The Morgan fingerprint density at radius 2 is 1.57 bits per heavy atom. The van der Waals surface area contributed by atoms with E-state index in [1.807, 2.05) is 32.0 Å². The quantitative estimate of drug-likeness (QED) is 0.769. The van der Waals surface area contributed by atoms with E-state index in [0.29, 0.717) is 5.92 Å². The van der Waals surface area contributed by atoms with Gasteiger partial charge < -0.3 is 5.11 Å². The normalized spacial score (nSPS) is 21.2. The van der Waals surface area contributed by atoms with Crippen LogP contribution in [0.25, 0.3) is 0 Å². The van der Waals surface area contributed by atoms with Gasteiger partial charge in [0.05, 0.1) is 0 Å². The van der Waals surface area contributed by atoms with E-state index in [9.17, 15) is 4.79 Å². The van der Waals surface area contributed by atoms with E-state index in [1.165, 1.54) is 18.4 Å². The van der Waals surface area contributed by atoms with Gasteiger partial charge in [0, 0.05) is 6.42 Å². The molecule has 0 spiro atoms. The Hall–Kier alpha value is -1.31. The first kappa shape index (κ1) is 19.7. The number of hydrogen-bond donors (Lipinski definition) is 1.